The fourth-order valence-electron chi connectivity index (χ4n) is 7.49. The van der Waals surface area contributed by atoms with E-state index < -0.39 is 48.3 Å². The molecule has 8 rings (SSSR count). The van der Waals surface area contributed by atoms with Crippen LogP contribution in [0.4, 0.5) is 0 Å². The van der Waals surface area contributed by atoms with E-state index in [0.717, 1.165) is 33.6 Å². The van der Waals surface area contributed by atoms with Gasteiger partial charge in [0.2, 0.25) is 0 Å². The molecule has 6 atom stereocenters. The first kappa shape index (κ1) is 35.1. The quantitative estimate of drug-likeness (QED) is 0.122. The maximum Gasteiger partial charge on any atom is 0.256 e. The van der Waals surface area contributed by atoms with E-state index >= 15 is 0 Å². The summed E-state index contributed by atoms with van der Waals surface area (Å²) < 4.78 is 0. The molecule has 6 N–H and O–H groups in total. The third kappa shape index (κ3) is 6.95. The molecule has 2 aromatic heterocycles. The molecule has 6 aromatic rings. The van der Waals surface area contributed by atoms with Crippen molar-refractivity contribution in [1.29, 1.82) is 0 Å². The van der Waals surface area contributed by atoms with Gasteiger partial charge in [0.25, 0.3) is 11.8 Å². The minimum absolute atomic E-state index is 0.114. The first-order valence-electron chi connectivity index (χ1n) is 18.0. The van der Waals surface area contributed by atoms with Crippen molar-refractivity contribution in [2.75, 3.05) is 13.1 Å². The van der Waals surface area contributed by atoms with Crippen molar-refractivity contribution in [2.45, 2.75) is 49.3 Å². The summed E-state index contributed by atoms with van der Waals surface area (Å²) in [5.74, 6) is 0.141. The Morgan fingerprint density at radius 3 is 1.28 bits per heavy atom. The molecule has 2 fully saturated rings. The van der Waals surface area contributed by atoms with Gasteiger partial charge < -0.3 is 40.2 Å². The summed E-state index contributed by atoms with van der Waals surface area (Å²) in [5.41, 5.74) is 6.35. The van der Waals surface area contributed by atoms with Crippen LogP contribution in [0.25, 0.3) is 33.6 Å². The van der Waals surface area contributed by atoms with Gasteiger partial charge in [-0.15, -0.1) is 0 Å². The highest BCUT2D eigenvalue weighted by Gasteiger charge is 2.41. The fraction of sp³-hybridized carbons (Fsp3) is 0.238. The van der Waals surface area contributed by atoms with Gasteiger partial charge in [-0.3, -0.25) is 9.59 Å². The van der Waals surface area contributed by atoms with Crippen molar-refractivity contribution in [3.05, 3.63) is 144 Å². The molecule has 2 aliphatic heterocycles. The van der Waals surface area contributed by atoms with Gasteiger partial charge in [0.1, 0.15) is 11.6 Å². The van der Waals surface area contributed by atoms with Gasteiger partial charge in [-0.25, -0.2) is 9.97 Å². The number of carbonyl (C=O) groups is 2. The summed E-state index contributed by atoms with van der Waals surface area (Å²) >= 11 is 0. The van der Waals surface area contributed by atoms with Gasteiger partial charge in [-0.1, -0.05) is 109 Å². The van der Waals surface area contributed by atoms with Gasteiger partial charge in [0.15, 0.2) is 12.2 Å². The van der Waals surface area contributed by atoms with E-state index in [1.807, 2.05) is 60.7 Å². The first-order valence-corrected chi connectivity index (χ1v) is 18.0. The lowest BCUT2D eigenvalue weighted by atomic mass is 10.0. The molecule has 0 bridgehead atoms. The number of amides is 2. The number of hydrogen-bond donors (Lipinski definition) is 6. The second-order valence-electron chi connectivity index (χ2n) is 13.9. The molecule has 0 aliphatic carbocycles. The molecule has 2 amide bonds. The Bertz CT molecular complexity index is 2060. The largest absolute Gasteiger partial charge is 0.391 e. The smallest absolute Gasteiger partial charge is 0.256 e. The molecule has 0 unspecified atom stereocenters. The van der Waals surface area contributed by atoms with Gasteiger partial charge in [-0.2, -0.15) is 0 Å². The number of benzene rings is 4. The molecular formula is C42H40N6O6. The molecular weight excluding hydrogens is 684 g/mol. The number of likely N-dealkylation sites (tertiary alicyclic amines) is 2. The Kier molecular flexibility index (Phi) is 9.65. The minimum Gasteiger partial charge on any atom is -0.391 e. The summed E-state index contributed by atoms with van der Waals surface area (Å²) in [6.45, 7) is 0.228. The van der Waals surface area contributed by atoms with E-state index in [1.54, 1.807) is 60.9 Å². The monoisotopic (exact) mass is 724 g/mol. The lowest BCUT2D eigenvalue weighted by molar-refractivity contribution is -0.142. The van der Waals surface area contributed by atoms with Crippen LogP contribution < -0.4 is 0 Å². The number of H-pyrrole nitrogens is 2. The number of aliphatic hydroxyl groups excluding tert-OH is 4. The summed E-state index contributed by atoms with van der Waals surface area (Å²) in [5, 5.41) is 42.4. The number of β-amino-alcohol motifs (C(OH)–C–C–N with tert-alkyl or cyclic N) is 2. The van der Waals surface area contributed by atoms with E-state index in [-0.39, 0.29) is 13.1 Å². The molecule has 12 nitrogen and oxygen atoms in total. The van der Waals surface area contributed by atoms with Crippen molar-refractivity contribution in [3.63, 3.8) is 0 Å². The van der Waals surface area contributed by atoms with Crippen LogP contribution >= 0.6 is 0 Å². The zero-order chi connectivity index (χ0) is 37.3. The van der Waals surface area contributed by atoms with Gasteiger partial charge in [0.05, 0.1) is 48.1 Å². The summed E-state index contributed by atoms with van der Waals surface area (Å²) in [6.07, 6.45) is -0.0492. The summed E-state index contributed by atoms with van der Waals surface area (Å²) in [6, 6.07) is 32.6. The number of aromatic amines is 2. The number of aromatic nitrogens is 4. The molecule has 2 saturated heterocycles. The van der Waals surface area contributed by atoms with E-state index in [0.29, 0.717) is 35.6 Å². The molecule has 4 aromatic carbocycles. The minimum atomic E-state index is -1.33. The molecule has 12 heteroatoms. The molecule has 274 valence electrons. The Labute approximate surface area is 311 Å². The van der Waals surface area contributed by atoms with Crippen LogP contribution in [0, 0.1) is 0 Å². The second kappa shape index (κ2) is 14.8. The Hall–Kier alpha value is -5.92. The Morgan fingerprint density at radius 2 is 0.907 bits per heavy atom. The zero-order valence-electron chi connectivity index (χ0n) is 29.2. The van der Waals surface area contributed by atoms with Crippen LogP contribution in [-0.2, 0) is 9.59 Å². The topological polar surface area (TPSA) is 179 Å². The van der Waals surface area contributed by atoms with E-state index in [4.69, 9.17) is 0 Å². The predicted octanol–water partition coefficient (Wildman–Crippen LogP) is 4.87. The fourth-order valence-corrected chi connectivity index (χ4v) is 7.49. The lowest BCUT2D eigenvalue weighted by Crippen LogP contribution is -2.36. The predicted molar refractivity (Wildman–Crippen MR) is 200 cm³/mol. The van der Waals surface area contributed by atoms with Crippen molar-refractivity contribution in [2.24, 2.45) is 0 Å². The number of carbonyl (C=O) groups excluding carboxylic acids is 2. The van der Waals surface area contributed by atoms with E-state index in [9.17, 15) is 30.0 Å². The molecule has 54 heavy (non-hydrogen) atoms. The second-order valence-corrected chi connectivity index (χ2v) is 13.9. The number of imidazole rings is 2. The van der Waals surface area contributed by atoms with E-state index in [1.165, 1.54) is 9.80 Å². The highest BCUT2D eigenvalue weighted by molar-refractivity contribution is 5.83. The maximum atomic E-state index is 13.3. The van der Waals surface area contributed by atoms with Crippen molar-refractivity contribution >= 4 is 11.8 Å². The molecule has 4 heterocycles. The highest BCUT2D eigenvalue weighted by Crippen LogP contribution is 2.36. The van der Waals surface area contributed by atoms with Crippen molar-refractivity contribution < 1.29 is 30.0 Å². The number of hydrogen-bond acceptors (Lipinski definition) is 8. The average Bonchev–Trinajstić information content (AvgIpc) is 4.04. The third-order valence-electron chi connectivity index (χ3n) is 10.4. The Morgan fingerprint density at radius 1 is 0.556 bits per heavy atom. The summed E-state index contributed by atoms with van der Waals surface area (Å²) in [4.78, 5) is 45.3. The van der Waals surface area contributed by atoms with Crippen molar-refractivity contribution in [1.82, 2.24) is 29.7 Å². The molecule has 2 aliphatic rings. The average molecular weight is 725 g/mol. The van der Waals surface area contributed by atoms with Crippen LogP contribution in [-0.4, -0.2) is 87.3 Å². The summed E-state index contributed by atoms with van der Waals surface area (Å²) in [7, 11) is 0. The highest BCUT2D eigenvalue weighted by atomic mass is 16.3. The SMILES string of the molecule is O=C([C@H](O)c1ccccc1)N1C[C@H](O)C[C@H]1c1ncc(-c2ccc(-c3ccc(-c4cnc([C@@H]5C[C@@H](O)CN5C(=O)[C@H](O)c5ccccc5)[nH]4)cc3)cc2)[nH]1. The van der Waals surface area contributed by atoms with Gasteiger partial charge in [-0.05, 0) is 33.4 Å². The van der Waals surface area contributed by atoms with Gasteiger partial charge in [0, 0.05) is 25.9 Å². The standard InChI is InChI=1S/C42H40N6O6/c49-31-19-35(47(23-31)41(53)37(51)29-7-3-1-4-8-29)39-43-21-33(45-39)27-15-11-25(12-16-27)26-13-17-28(18-14-26)34-22-44-40(46-34)36-20-32(50)24-48(36)42(54)38(52)30-9-5-2-6-10-30/h1-18,21-22,31-32,35-38,49-52H,19-20,23-24H2,(H,43,45)(H,44,46)/t31-,32-,35+,36+,37-,38-/m1/s1. The first-order chi connectivity index (χ1) is 26.2. The molecule has 0 spiro atoms. The lowest BCUT2D eigenvalue weighted by Gasteiger charge is -2.25. The third-order valence-corrected chi connectivity index (χ3v) is 10.4. The number of rotatable bonds is 9. The van der Waals surface area contributed by atoms with Crippen LogP contribution in [0.15, 0.2) is 122 Å². The zero-order valence-corrected chi connectivity index (χ0v) is 29.2. The number of aliphatic hydroxyl groups is 4. The normalized spacial score (nSPS) is 21.0. The number of nitrogens with zero attached hydrogens (tertiary/aromatic N) is 4. The van der Waals surface area contributed by atoms with Gasteiger partial charge >= 0.3 is 0 Å². The maximum absolute atomic E-state index is 13.3. The van der Waals surface area contributed by atoms with E-state index in [2.05, 4.69) is 19.9 Å². The molecule has 0 radical (unpaired) electrons. The van der Waals surface area contributed by atoms with Crippen LogP contribution in [0.2, 0.25) is 0 Å². The van der Waals surface area contributed by atoms with Crippen molar-refractivity contribution in [3.8, 4) is 33.6 Å². The Balaban J connectivity index is 0.934. The van der Waals surface area contributed by atoms with Crippen LogP contribution in [0.3, 0.4) is 0 Å². The molecule has 0 saturated carbocycles. The van der Waals surface area contributed by atoms with Crippen LogP contribution in [0.5, 0.6) is 0 Å². The number of nitrogens with one attached hydrogen (secondary N) is 2. The van der Waals surface area contributed by atoms with Crippen LogP contribution in [0.1, 0.15) is 59.9 Å².